The second kappa shape index (κ2) is 9.22. The lowest BCUT2D eigenvalue weighted by Crippen LogP contribution is -2.41. The van der Waals surface area contributed by atoms with Crippen LogP contribution in [0.2, 0.25) is 5.02 Å². The number of hydrogen-bond acceptors (Lipinski definition) is 4. The summed E-state index contributed by atoms with van der Waals surface area (Å²) in [6.45, 7) is 1.18. The van der Waals surface area contributed by atoms with Crippen LogP contribution in [0.4, 0.5) is 4.39 Å². The maximum absolute atomic E-state index is 13.0. The molecule has 3 aromatic rings. The van der Waals surface area contributed by atoms with E-state index in [0.717, 1.165) is 29.8 Å². The molecule has 1 aliphatic heterocycles. The summed E-state index contributed by atoms with van der Waals surface area (Å²) in [6.07, 6.45) is 5.31. The summed E-state index contributed by atoms with van der Waals surface area (Å²) in [7, 11) is 0. The number of benzene rings is 2. The van der Waals surface area contributed by atoms with Crippen LogP contribution in [-0.4, -0.2) is 40.5 Å². The van der Waals surface area contributed by atoms with E-state index in [0.29, 0.717) is 23.9 Å². The van der Waals surface area contributed by atoms with Crippen LogP contribution in [0.3, 0.4) is 0 Å². The lowest BCUT2D eigenvalue weighted by Gasteiger charge is -2.32. The van der Waals surface area contributed by atoms with Crippen LogP contribution >= 0.6 is 11.6 Å². The van der Waals surface area contributed by atoms with Crippen molar-refractivity contribution in [1.82, 2.24) is 14.9 Å². The Kier molecular flexibility index (Phi) is 6.23. The molecule has 4 rings (SSSR count). The Morgan fingerprint density at radius 3 is 2.83 bits per heavy atom. The summed E-state index contributed by atoms with van der Waals surface area (Å²) in [5.74, 6) is 0.148. The smallest absolute Gasteiger partial charge is 0.260 e. The van der Waals surface area contributed by atoms with Gasteiger partial charge < -0.3 is 9.64 Å². The normalized spacial score (nSPS) is 16.3. The van der Waals surface area contributed by atoms with Gasteiger partial charge in [-0.3, -0.25) is 9.78 Å². The number of rotatable bonds is 5. The third kappa shape index (κ3) is 4.94. The van der Waals surface area contributed by atoms with Gasteiger partial charge in [0.25, 0.3) is 5.91 Å². The highest BCUT2D eigenvalue weighted by molar-refractivity contribution is 6.30. The quantitative estimate of drug-likeness (QED) is 0.593. The first kappa shape index (κ1) is 20.3. The van der Waals surface area contributed by atoms with Crippen molar-refractivity contribution in [3.63, 3.8) is 0 Å². The summed E-state index contributed by atoms with van der Waals surface area (Å²) < 4.78 is 18.5. The highest BCUT2D eigenvalue weighted by Gasteiger charge is 2.26. The molecule has 5 nitrogen and oxygen atoms in total. The summed E-state index contributed by atoms with van der Waals surface area (Å²) in [5.41, 5.74) is 2.54. The maximum atomic E-state index is 13.0. The monoisotopic (exact) mass is 425 g/mol. The van der Waals surface area contributed by atoms with Crippen LogP contribution in [0.25, 0.3) is 11.3 Å². The Morgan fingerprint density at radius 1 is 1.20 bits per heavy atom. The number of aromatic nitrogens is 2. The van der Waals surface area contributed by atoms with Gasteiger partial charge in [-0.2, -0.15) is 0 Å². The summed E-state index contributed by atoms with van der Waals surface area (Å²) in [5, 5.41) is 0.648. The number of piperidine rings is 1. The molecular formula is C23H21ClFN3O2. The standard InChI is InChI=1S/C23H21ClFN3O2/c24-18-5-1-3-16(11-18)21-12-26-13-22(27-21)17-4-2-10-28(14-17)23(29)15-30-20-8-6-19(25)7-9-20/h1,3,5-9,11-13,17H,2,4,10,14-15H2. The first-order valence-corrected chi connectivity index (χ1v) is 10.2. The van der Waals surface area contributed by atoms with Gasteiger partial charge >= 0.3 is 0 Å². The molecule has 1 fully saturated rings. The molecule has 2 heterocycles. The average Bonchev–Trinajstić information content (AvgIpc) is 2.79. The average molecular weight is 426 g/mol. The van der Waals surface area contributed by atoms with Crippen LogP contribution in [0.15, 0.2) is 60.9 Å². The second-order valence-corrected chi connectivity index (χ2v) is 7.70. The van der Waals surface area contributed by atoms with Crippen LogP contribution in [-0.2, 0) is 4.79 Å². The van der Waals surface area contributed by atoms with Crippen molar-refractivity contribution < 1.29 is 13.9 Å². The molecule has 0 bridgehead atoms. The Balaban J connectivity index is 1.41. The number of halogens is 2. The molecule has 1 unspecified atom stereocenters. The fourth-order valence-corrected chi connectivity index (χ4v) is 3.77. The molecule has 1 aromatic heterocycles. The molecule has 2 aromatic carbocycles. The van der Waals surface area contributed by atoms with Gasteiger partial charge in [0.05, 0.1) is 17.6 Å². The number of nitrogens with zero attached hydrogens (tertiary/aromatic N) is 3. The fourth-order valence-electron chi connectivity index (χ4n) is 3.58. The van der Waals surface area contributed by atoms with Crippen LogP contribution in [0, 0.1) is 5.82 Å². The van der Waals surface area contributed by atoms with Crippen molar-refractivity contribution in [3.8, 4) is 17.0 Å². The molecular weight excluding hydrogens is 405 g/mol. The van der Waals surface area contributed by atoms with Crippen LogP contribution in [0.5, 0.6) is 5.75 Å². The zero-order chi connectivity index (χ0) is 20.9. The van der Waals surface area contributed by atoms with Gasteiger partial charge in [0.2, 0.25) is 0 Å². The molecule has 7 heteroatoms. The van der Waals surface area contributed by atoms with Crippen molar-refractivity contribution in [2.24, 2.45) is 0 Å². The topological polar surface area (TPSA) is 55.3 Å². The molecule has 0 saturated carbocycles. The Hall–Kier alpha value is -2.99. The Labute approximate surface area is 179 Å². The van der Waals surface area contributed by atoms with Crippen molar-refractivity contribution >= 4 is 17.5 Å². The molecule has 1 amide bonds. The second-order valence-electron chi connectivity index (χ2n) is 7.26. The van der Waals surface area contributed by atoms with Gasteiger partial charge in [0, 0.05) is 35.8 Å². The molecule has 1 saturated heterocycles. The number of likely N-dealkylation sites (tertiary alicyclic amines) is 1. The van der Waals surface area contributed by atoms with Crippen LogP contribution < -0.4 is 4.74 Å². The number of carbonyl (C=O) groups is 1. The Bertz CT molecular complexity index is 1030. The minimum atomic E-state index is -0.339. The minimum Gasteiger partial charge on any atom is -0.484 e. The van der Waals surface area contributed by atoms with E-state index in [-0.39, 0.29) is 24.2 Å². The third-order valence-corrected chi connectivity index (χ3v) is 5.38. The third-order valence-electron chi connectivity index (χ3n) is 5.14. The molecule has 0 spiro atoms. The minimum absolute atomic E-state index is 0.0768. The zero-order valence-electron chi connectivity index (χ0n) is 16.3. The number of hydrogen-bond donors (Lipinski definition) is 0. The largest absolute Gasteiger partial charge is 0.484 e. The van der Waals surface area contributed by atoms with E-state index in [1.807, 2.05) is 24.3 Å². The first-order valence-electron chi connectivity index (χ1n) is 9.82. The lowest BCUT2D eigenvalue weighted by molar-refractivity contribution is -0.134. The highest BCUT2D eigenvalue weighted by atomic mass is 35.5. The van der Waals surface area contributed by atoms with Gasteiger partial charge in [-0.15, -0.1) is 0 Å². The fraction of sp³-hybridized carbons (Fsp3) is 0.261. The van der Waals surface area contributed by atoms with Crippen molar-refractivity contribution in [1.29, 1.82) is 0 Å². The van der Waals surface area contributed by atoms with Crippen LogP contribution in [0.1, 0.15) is 24.5 Å². The molecule has 154 valence electrons. The van der Waals surface area contributed by atoms with Crippen molar-refractivity contribution in [2.45, 2.75) is 18.8 Å². The van der Waals surface area contributed by atoms with Gasteiger partial charge in [0.15, 0.2) is 6.61 Å². The summed E-state index contributed by atoms with van der Waals surface area (Å²) >= 11 is 6.10. The van der Waals surface area contributed by atoms with Gasteiger partial charge in [0.1, 0.15) is 11.6 Å². The molecule has 0 N–H and O–H groups in total. The van der Waals surface area contributed by atoms with Gasteiger partial charge in [-0.25, -0.2) is 9.37 Å². The molecule has 30 heavy (non-hydrogen) atoms. The van der Waals surface area contributed by atoms with Gasteiger partial charge in [-0.1, -0.05) is 23.7 Å². The molecule has 0 radical (unpaired) electrons. The number of carbonyl (C=O) groups excluding carboxylic acids is 1. The van der Waals surface area contributed by atoms with E-state index >= 15 is 0 Å². The van der Waals surface area contributed by atoms with E-state index in [1.54, 1.807) is 17.3 Å². The predicted octanol–water partition coefficient (Wildman–Crippen LogP) is 4.72. The van der Waals surface area contributed by atoms with E-state index < -0.39 is 0 Å². The van der Waals surface area contributed by atoms with Gasteiger partial charge in [-0.05, 0) is 49.2 Å². The summed E-state index contributed by atoms with van der Waals surface area (Å²) in [6, 6.07) is 13.2. The Morgan fingerprint density at radius 2 is 2.03 bits per heavy atom. The lowest BCUT2D eigenvalue weighted by atomic mass is 9.94. The summed E-state index contributed by atoms with van der Waals surface area (Å²) in [4.78, 5) is 23.5. The molecule has 1 aliphatic rings. The molecule has 0 aliphatic carbocycles. The predicted molar refractivity (Wildman–Crippen MR) is 113 cm³/mol. The van der Waals surface area contributed by atoms with E-state index in [1.165, 1.54) is 24.3 Å². The highest BCUT2D eigenvalue weighted by Crippen LogP contribution is 2.28. The first-order chi connectivity index (χ1) is 14.6. The number of ether oxygens (including phenoxy) is 1. The SMILES string of the molecule is O=C(COc1ccc(F)cc1)N1CCCC(c2cncc(-c3cccc(Cl)c3)n2)C1. The van der Waals surface area contributed by atoms with E-state index in [9.17, 15) is 9.18 Å². The van der Waals surface area contributed by atoms with Crippen molar-refractivity contribution in [2.75, 3.05) is 19.7 Å². The zero-order valence-corrected chi connectivity index (χ0v) is 17.1. The van der Waals surface area contributed by atoms with E-state index in [2.05, 4.69) is 4.98 Å². The number of amides is 1. The van der Waals surface area contributed by atoms with E-state index in [4.69, 9.17) is 21.3 Å². The maximum Gasteiger partial charge on any atom is 0.260 e. The molecule has 1 atom stereocenters. The van der Waals surface area contributed by atoms with Crippen molar-refractivity contribution in [3.05, 3.63) is 77.5 Å².